The minimum atomic E-state index is -1.87. The number of benzene rings is 1. The van der Waals surface area contributed by atoms with Crippen molar-refractivity contribution in [3.63, 3.8) is 0 Å². The lowest BCUT2D eigenvalue weighted by molar-refractivity contribution is -0.139. The highest BCUT2D eigenvalue weighted by Crippen LogP contribution is 2.25. The van der Waals surface area contributed by atoms with E-state index in [1.807, 2.05) is 0 Å². The average Bonchev–Trinajstić information content (AvgIpc) is 2.57. The van der Waals surface area contributed by atoms with E-state index in [1.54, 1.807) is 6.08 Å². The van der Waals surface area contributed by atoms with Gasteiger partial charge >= 0.3 is 11.9 Å². The lowest BCUT2D eigenvalue weighted by Gasteiger charge is -2.23. The van der Waals surface area contributed by atoms with Crippen LogP contribution in [0, 0.1) is 0 Å². The monoisotopic (exact) mass is 396 g/mol. The van der Waals surface area contributed by atoms with E-state index in [1.165, 1.54) is 30.4 Å². The highest BCUT2D eigenvalue weighted by atomic mass is 16.5. The molecular formula is C18H24N2O8. The Hall–Kier alpha value is -2.92. The van der Waals surface area contributed by atoms with Crippen LogP contribution in [0.2, 0.25) is 0 Å². The molecule has 28 heavy (non-hydrogen) atoms. The first-order chi connectivity index (χ1) is 12.9. The van der Waals surface area contributed by atoms with Gasteiger partial charge in [-0.3, -0.25) is 9.59 Å². The van der Waals surface area contributed by atoms with Crippen molar-refractivity contribution in [2.45, 2.75) is 37.1 Å². The molecule has 0 saturated heterocycles. The Morgan fingerprint density at radius 3 is 2.07 bits per heavy atom. The molecule has 2 rings (SSSR count). The zero-order chi connectivity index (χ0) is 21.5. The Morgan fingerprint density at radius 1 is 1.00 bits per heavy atom. The average molecular weight is 396 g/mol. The molecule has 1 aromatic carbocycles. The van der Waals surface area contributed by atoms with Gasteiger partial charge in [0.1, 0.15) is 12.1 Å². The molecule has 154 valence electrons. The maximum atomic E-state index is 10.4. The Balaban J connectivity index is 0.000000280. The molecule has 0 unspecified atom stereocenters. The summed E-state index contributed by atoms with van der Waals surface area (Å²) in [6.07, 6.45) is 4.61. The van der Waals surface area contributed by atoms with Crippen molar-refractivity contribution in [1.29, 1.82) is 0 Å². The first-order valence-corrected chi connectivity index (χ1v) is 8.21. The predicted molar refractivity (Wildman–Crippen MR) is 98.3 cm³/mol. The van der Waals surface area contributed by atoms with Crippen molar-refractivity contribution in [1.82, 2.24) is 0 Å². The standard InChI is InChI=1S/C9H11NO4.C9H13NO4/c10-6(9(13)14)3-5-1-2-7(11)8(12)4-5;10-7(8(11)12)4-6-2-1-3-9(13,14)5-6/h1-2,4,6,11-12H,3,10H2,(H,13,14);1-3,7,13-14H,4-5,10H2,(H,11,12)/t6-;7-/m00/s1. The van der Waals surface area contributed by atoms with Crippen molar-refractivity contribution >= 4 is 11.9 Å². The Labute approximate surface area is 160 Å². The molecule has 10 heteroatoms. The van der Waals surface area contributed by atoms with Gasteiger partial charge in [-0.05, 0) is 36.6 Å². The summed E-state index contributed by atoms with van der Waals surface area (Å²) in [5, 5.41) is 53.7. The fraction of sp³-hybridized carbons (Fsp3) is 0.333. The van der Waals surface area contributed by atoms with E-state index in [2.05, 4.69) is 0 Å². The second-order valence-electron chi connectivity index (χ2n) is 6.36. The number of hydrogen-bond donors (Lipinski definition) is 8. The summed E-state index contributed by atoms with van der Waals surface area (Å²) in [4.78, 5) is 20.9. The van der Waals surface area contributed by atoms with E-state index in [0.29, 0.717) is 11.1 Å². The molecule has 1 aliphatic carbocycles. The lowest BCUT2D eigenvalue weighted by atomic mass is 9.94. The van der Waals surface area contributed by atoms with Crippen LogP contribution in [-0.2, 0) is 16.0 Å². The fourth-order valence-corrected chi connectivity index (χ4v) is 2.34. The van der Waals surface area contributed by atoms with E-state index in [4.69, 9.17) is 31.9 Å². The number of rotatable bonds is 6. The minimum absolute atomic E-state index is 0.00444. The second kappa shape index (κ2) is 9.85. The number of carboxylic acids is 2. The van der Waals surface area contributed by atoms with E-state index < -0.39 is 29.8 Å². The topological polar surface area (TPSA) is 208 Å². The minimum Gasteiger partial charge on any atom is -0.504 e. The van der Waals surface area contributed by atoms with Gasteiger partial charge in [0.15, 0.2) is 17.3 Å². The van der Waals surface area contributed by atoms with Crippen molar-refractivity contribution in [3.05, 3.63) is 47.6 Å². The number of phenolic OH excluding ortho intramolecular Hbond substituents is 2. The second-order valence-corrected chi connectivity index (χ2v) is 6.36. The third-order valence-electron chi connectivity index (χ3n) is 3.79. The third kappa shape index (κ3) is 7.76. The molecule has 10 N–H and O–H groups in total. The first-order valence-electron chi connectivity index (χ1n) is 8.21. The largest absolute Gasteiger partial charge is 0.504 e. The highest BCUT2D eigenvalue weighted by Gasteiger charge is 2.25. The van der Waals surface area contributed by atoms with Crippen molar-refractivity contribution < 1.29 is 40.2 Å². The molecule has 10 nitrogen and oxygen atoms in total. The molecule has 0 saturated carbocycles. The number of aliphatic carboxylic acids is 2. The van der Waals surface area contributed by atoms with Gasteiger partial charge in [-0.15, -0.1) is 0 Å². The van der Waals surface area contributed by atoms with Crippen LogP contribution in [0.4, 0.5) is 0 Å². The van der Waals surface area contributed by atoms with E-state index in [9.17, 15) is 19.8 Å². The van der Waals surface area contributed by atoms with E-state index in [0.717, 1.165) is 0 Å². The van der Waals surface area contributed by atoms with E-state index >= 15 is 0 Å². The van der Waals surface area contributed by atoms with Crippen LogP contribution >= 0.6 is 0 Å². The maximum absolute atomic E-state index is 10.4. The normalized spacial score (nSPS) is 16.9. The van der Waals surface area contributed by atoms with Crippen molar-refractivity contribution in [3.8, 4) is 11.5 Å². The van der Waals surface area contributed by atoms with Crippen LogP contribution in [0.15, 0.2) is 42.0 Å². The van der Waals surface area contributed by atoms with Gasteiger partial charge in [0.2, 0.25) is 0 Å². The van der Waals surface area contributed by atoms with Gasteiger partial charge in [-0.1, -0.05) is 23.8 Å². The zero-order valence-electron chi connectivity index (χ0n) is 14.9. The summed E-state index contributed by atoms with van der Waals surface area (Å²) in [5.74, 6) is -4.58. The molecule has 0 bridgehead atoms. The van der Waals surface area contributed by atoms with Gasteiger partial charge < -0.3 is 42.1 Å². The van der Waals surface area contributed by atoms with Crippen LogP contribution in [-0.4, -0.2) is 60.4 Å². The van der Waals surface area contributed by atoms with Gasteiger partial charge in [0.05, 0.1) is 0 Å². The SMILES string of the molecule is N[C@@H](CC1=CC=CC(O)(O)C1)C(=O)O.N[C@@H](Cc1ccc(O)c(O)c1)C(=O)O. The molecule has 1 aliphatic rings. The molecular weight excluding hydrogens is 372 g/mol. The van der Waals surface area contributed by atoms with Crippen LogP contribution in [0.1, 0.15) is 18.4 Å². The van der Waals surface area contributed by atoms with Crippen molar-refractivity contribution in [2.75, 3.05) is 0 Å². The van der Waals surface area contributed by atoms with Gasteiger partial charge in [0.25, 0.3) is 0 Å². The number of aromatic hydroxyl groups is 2. The molecule has 0 amide bonds. The zero-order valence-corrected chi connectivity index (χ0v) is 14.9. The smallest absolute Gasteiger partial charge is 0.320 e. The van der Waals surface area contributed by atoms with Gasteiger partial charge in [-0.2, -0.15) is 0 Å². The summed E-state index contributed by atoms with van der Waals surface area (Å²) in [7, 11) is 0. The van der Waals surface area contributed by atoms with Crippen LogP contribution < -0.4 is 11.5 Å². The Bertz CT molecular complexity index is 773. The van der Waals surface area contributed by atoms with E-state index in [-0.39, 0.29) is 30.8 Å². The highest BCUT2D eigenvalue weighted by molar-refractivity contribution is 5.74. The third-order valence-corrected chi connectivity index (χ3v) is 3.79. The molecule has 1 aromatic rings. The number of phenols is 2. The predicted octanol–water partition coefficient (Wildman–Crippen LogP) is -0.592. The molecule has 0 heterocycles. The number of aliphatic hydroxyl groups is 2. The fourth-order valence-electron chi connectivity index (χ4n) is 2.34. The maximum Gasteiger partial charge on any atom is 0.320 e. The number of carbonyl (C=O) groups is 2. The number of hydrogen-bond acceptors (Lipinski definition) is 8. The summed E-state index contributed by atoms with van der Waals surface area (Å²) in [6, 6.07) is 2.09. The number of nitrogens with two attached hydrogens (primary N) is 2. The van der Waals surface area contributed by atoms with Gasteiger partial charge in [-0.25, -0.2) is 0 Å². The molecule has 0 spiro atoms. The first kappa shape index (κ1) is 23.1. The van der Waals surface area contributed by atoms with Crippen LogP contribution in [0.25, 0.3) is 0 Å². The van der Waals surface area contributed by atoms with Crippen molar-refractivity contribution in [2.24, 2.45) is 11.5 Å². The number of allylic oxidation sites excluding steroid dienone is 2. The molecule has 0 radical (unpaired) electrons. The lowest BCUT2D eigenvalue weighted by Crippen LogP contribution is -2.33. The van der Waals surface area contributed by atoms with Crippen LogP contribution in [0.5, 0.6) is 11.5 Å². The Morgan fingerprint density at radius 2 is 1.57 bits per heavy atom. The summed E-state index contributed by atoms with van der Waals surface area (Å²) < 4.78 is 0. The number of carboxylic acid groups (broad SMARTS) is 2. The molecule has 0 aliphatic heterocycles. The van der Waals surface area contributed by atoms with Gasteiger partial charge in [0, 0.05) is 6.42 Å². The molecule has 0 fully saturated rings. The summed E-state index contributed by atoms with van der Waals surface area (Å²) in [6.45, 7) is 0. The summed E-state index contributed by atoms with van der Waals surface area (Å²) >= 11 is 0. The molecule has 2 atom stereocenters. The quantitative estimate of drug-likeness (QED) is 0.226. The Kier molecular flexibility index (Phi) is 8.14. The molecule has 0 aromatic heterocycles. The summed E-state index contributed by atoms with van der Waals surface area (Å²) in [5.41, 5.74) is 11.8. The van der Waals surface area contributed by atoms with Crippen LogP contribution in [0.3, 0.4) is 0 Å².